The predicted octanol–water partition coefficient (Wildman–Crippen LogP) is 5.25. The number of carbonyl (C=O) groups excluding carboxylic acids is 1. The first-order chi connectivity index (χ1) is 17.0. The van der Waals surface area contributed by atoms with E-state index in [0.29, 0.717) is 24.9 Å². The van der Waals surface area contributed by atoms with Crippen molar-refractivity contribution in [1.29, 1.82) is 0 Å². The van der Waals surface area contributed by atoms with E-state index >= 15 is 0 Å². The Morgan fingerprint density at radius 1 is 0.971 bits per heavy atom. The van der Waals surface area contributed by atoms with Crippen LogP contribution in [0.4, 0.5) is 5.69 Å². The maximum absolute atomic E-state index is 11.9. The summed E-state index contributed by atoms with van der Waals surface area (Å²) in [4.78, 5) is 14.1. The van der Waals surface area contributed by atoms with E-state index in [0.717, 1.165) is 52.1 Å². The second-order valence-corrected chi connectivity index (χ2v) is 8.75. The van der Waals surface area contributed by atoms with Crippen molar-refractivity contribution >= 4 is 34.4 Å². The van der Waals surface area contributed by atoms with Gasteiger partial charge >= 0.3 is 11.9 Å². The van der Waals surface area contributed by atoms with Gasteiger partial charge < -0.3 is 18.8 Å². The predicted molar refractivity (Wildman–Crippen MR) is 137 cm³/mol. The van der Waals surface area contributed by atoms with Gasteiger partial charge in [-0.25, -0.2) is 0 Å². The SMILES string of the molecule is CC(=O)Oc1cc(N2CCOCC2)ccc1C(C)=Cc1oc2ccc(-c3ccccc3)cc2[n+]1C. The number of aryl methyl sites for hydroxylation is 1. The molecule has 1 fully saturated rings. The highest BCUT2D eigenvalue weighted by Crippen LogP contribution is 2.33. The number of oxazole rings is 1. The van der Waals surface area contributed by atoms with E-state index in [4.69, 9.17) is 13.9 Å². The summed E-state index contributed by atoms with van der Waals surface area (Å²) < 4.78 is 19.3. The number of allylic oxidation sites excluding steroid dienone is 1. The summed E-state index contributed by atoms with van der Waals surface area (Å²) in [6.07, 6.45) is 1.99. The Morgan fingerprint density at radius 2 is 1.74 bits per heavy atom. The zero-order valence-electron chi connectivity index (χ0n) is 20.3. The number of benzene rings is 3. The number of hydrogen-bond acceptors (Lipinski definition) is 5. The fourth-order valence-electron chi connectivity index (χ4n) is 4.46. The molecule has 1 aliphatic heterocycles. The van der Waals surface area contributed by atoms with Crippen molar-refractivity contribution in [3.63, 3.8) is 0 Å². The Balaban J connectivity index is 1.51. The number of rotatable bonds is 5. The van der Waals surface area contributed by atoms with Crippen molar-refractivity contribution in [2.75, 3.05) is 31.2 Å². The van der Waals surface area contributed by atoms with Crippen molar-refractivity contribution in [3.05, 3.63) is 78.2 Å². The summed E-state index contributed by atoms with van der Waals surface area (Å²) in [5.74, 6) is 0.912. The highest BCUT2D eigenvalue weighted by atomic mass is 16.5. The van der Waals surface area contributed by atoms with Crippen LogP contribution < -0.4 is 14.2 Å². The summed E-state index contributed by atoms with van der Waals surface area (Å²) >= 11 is 0. The summed E-state index contributed by atoms with van der Waals surface area (Å²) in [7, 11) is 1.99. The average molecular weight is 470 g/mol. The van der Waals surface area contributed by atoms with E-state index in [1.54, 1.807) is 0 Å². The molecular formula is C29H29N2O4+. The van der Waals surface area contributed by atoms with Crippen LogP contribution in [0.15, 0.2) is 71.1 Å². The van der Waals surface area contributed by atoms with E-state index < -0.39 is 0 Å². The number of nitrogens with zero attached hydrogens (tertiary/aromatic N) is 2. The molecule has 0 spiro atoms. The number of fused-ring (bicyclic) bond motifs is 1. The molecule has 0 saturated carbocycles. The quantitative estimate of drug-likeness (QED) is 0.227. The molecule has 4 aromatic rings. The number of anilines is 1. The van der Waals surface area contributed by atoms with Gasteiger partial charge in [-0.15, -0.1) is 0 Å². The molecule has 6 nitrogen and oxygen atoms in total. The first-order valence-corrected chi connectivity index (χ1v) is 11.8. The first-order valence-electron chi connectivity index (χ1n) is 11.8. The van der Waals surface area contributed by atoms with Crippen molar-refractivity contribution in [2.45, 2.75) is 13.8 Å². The van der Waals surface area contributed by atoms with Crippen LogP contribution in [0.5, 0.6) is 5.75 Å². The Kier molecular flexibility index (Phi) is 6.38. The molecule has 0 aliphatic carbocycles. The Bertz CT molecular complexity index is 1400. The molecule has 3 aromatic carbocycles. The van der Waals surface area contributed by atoms with Crippen LogP contribution in [0.1, 0.15) is 25.3 Å². The minimum absolute atomic E-state index is 0.346. The molecule has 0 N–H and O–H groups in total. The lowest BCUT2D eigenvalue weighted by Gasteiger charge is -2.29. The fraction of sp³-hybridized carbons (Fsp3) is 0.241. The van der Waals surface area contributed by atoms with Crippen LogP contribution in [0, 0.1) is 0 Å². The molecule has 1 aromatic heterocycles. The number of aromatic nitrogens is 1. The third-order valence-electron chi connectivity index (χ3n) is 6.33. The van der Waals surface area contributed by atoms with E-state index in [-0.39, 0.29) is 5.97 Å². The van der Waals surface area contributed by atoms with Gasteiger partial charge in [-0.3, -0.25) is 4.79 Å². The molecule has 5 rings (SSSR count). The van der Waals surface area contributed by atoms with Gasteiger partial charge in [-0.1, -0.05) is 36.4 Å². The van der Waals surface area contributed by atoms with E-state index in [2.05, 4.69) is 35.2 Å². The minimum Gasteiger partial charge on any atom is -0.426 e. The molecule has 1 saturated heterocycles. The minimum atomic E-state index is -0.346. The van der Waals surface area contributed by atoms with Gasteiger partial charge in [0.15, 0.2) is 0 Å². The molecule has 6 heteroatoms. The van der Waals surface area contributed by atoms with Crippen LogP contribution in [-0.4, -0.2) is 32.3 Å². The van der Waals surface area contributed by atoms with E-state index in [9.17, 15) is 4.79 Å². The fourth-order valence-corrected chi connectivity index (χ4v) is 4.46. The monoisotopic (exact) mass is 469 g/mol. The third-order valence-corrected chi connectivity index (χ3v) is 6.33. The van der Waals surface area contributed by atoms with Gasteiger partial charge in [0.05, 0.1) is 19.3 Å². The average Bonchev–Trinajstić information content (AvgIpc) is 3.19. The maximum atomic E-state index is 11.9. The molecule has 0 unspecified atom stereocenters. The van der Waals surface area contributed by atoms with Crippen molar-refractivity contribution in [2.24, 2.45) is 7.05 Å². The number of esters is 1. The summed E-state index contributed by atoms with van der Waals surface area (Å²) in [5, 5.41) is 0. The lowest BCUT2D eigenvalue weighted by atomic mass is 10.0. The molecule has 0 atom stereocenters. The van der Waals surface area contributed by atoms with Gasteiger partial charge in [0.25, 0.3) is 5.52 Å². The zero-order chi connectivity index (χ0) is 24.4. The molecular weight excluding hydrogens is 440 g/mol. The summed E-state index contributed by atoms with van der Waals surface area (Å²) in [5.41, 5.74) is 6.93. The van der Waals surface area contributed by atoms with E-state index in [1.165, 1.54) is 6.92 Å². The Labute approximate surface area is 205 Å². The molecule has 178 valence electrons. The second-order valence-electron chi connectivity index (χ2n) is 8.75. The number of morpholine rings is 1. The molecule has 0 bridgehead atoms. The standard InChI is InChI=1S/C29H29N2O4/c1-20(25-11-10-24(19-28(25)34-21(2)32)31-13-15-33-16-14-31)17-29-30(3)26-18-23(9-12-27(26)35-29)22-7-5-4-6-8-22/h4-12,17-19H,13-16H2,1-3H3/q+1. The Hall–Kier alpha value is -3.90. The maximum Gasteiger partial charge on any atom is 0.374 e. The van der Waals surface area contributed by atoms with Gasteiger partial charge in [0.1, 0.15) is 12.8 Å². The zero-order valence-corrected chi connectivity index (χ0v) is 20.3. The molecule has 2 heterocycles. The number of ether oxygens (including phenoxy) is 2. The first kappa shape index (κ1) is 22.9. The second kappa shape index (κ2) is 9.76. The van der Waals surface area contributed by atoms with Crippen molar-refractivity contribution < 1.29 is 23.3 Å². The highest BCUT2D eigenvalue weighted by molar-refractivity contribution is 5.85. The number of carbonyl (C=O) groups is 1. The molecule has 0 radical (unpaired) electrons. The van der Waals surface area contributed by atoms with Gasteiger partial charge in [-0.2, -0.15) is 4.57 Å². The largest absolute Gasteiger partial charge is 0.426 e. The van der Waals surface area contributed by atoms with Crippen molar-refractivity contribution in [3.8, 4) is 16.9 Å². The normalized spacial score (nSPS) is 14.4. The van der Waals surface area contributed by atoms with Crippen LogP contribution in [0.25, 0.3) is 33.9 Å². The third kappa shape index (κ3) is 4.84. The topological polar surface area (TPSA) is 55.8 Å². The lowest BCUT2D eigenvalue weighted by Crippen LogP contribution is -2.36. The highest BCUT2D eigenvalue weighted by Gasteiger charge is 2.20. The molecule has 0 amide bonds. The van der Waals surface area contributed by atoms with Gasteiger partial charge in [-0.05, 0) is 41.8 Å². The van der Waals surface area contributed by atoms with Crippen molar-refractivity contribution in [1.82, 2.24) is 0 Å². The Morgan fingerprint density at radius 3 is 2.49 bits per heavy atom. The van der Waals surface area contributed by atoms with Crippen LogP contribution in [0.2, 0.25) is 0 Å². The van der Waals surface area contributed by atoms with Crippen LogP contribution >= 0.6 is 0 Å². The van der Waals surface area contributed by atoms with E-state index in [1.807, 2.05) is 61.0 Å². The number of hydrogen-bond donors (Lipinski definition) is 0. The van der Waals surface area contributed by atoms with Gasteiger partial charge in [0, 0.05) is 43.4 Å². The summed E-state index contributed by atoms with van der Waals surface area (Å²) in [6, 6.07) is 22.5. The summed E-state index contributed by atoms with van der Waals surface area (Å²) in [6.45, 7) is 6.43. The van der Waals surface area contributed by atoms with Gasteiger partial charge in [0.2, 0.25) is 5.58 Å². The van der Waals surface area contributed by atoms with Crippen LogP contribution in [0.3, 0.4) is 0 Å². The smallest absolute Gasteiger partial charge is 0.374 e. The van der Waals surface area contributed by atoms with Crippen LogP contribution in [-0.2, 0) is 16.6 Å². The molecule has 35 heavy (non-hydrogen) atoms. The molecule has 1 aliphatic rings. The lowest BCUT2D eigenvalue weighted by molar-refractivity contribution is -0.651.